The average Bonchev–Trinajstić information content (AvgIpc) is 1.55. The fourth-order valence-electron chi connectivity index (χ4n) is 18.1. The van der Waals surface area contributed by atoms with Gasteiger partial charge in [0, 0.05) is 55.7 Å². The number of allylic oxidation sites excluding steroid dienone is 8. The lowest BCUT2D eigenvalue weighted by Crippen LogP contribution is -2.22. The third-order valence-corrected chi connectivity index (χ3v) is 23.7. The number of rotatable bonds is 10. The molecule has 0 fully saturated rings. The van der Waals surface area contributed by atoms with Crippen molar-refractivity contribution in [2.45, 2.75) is 57.3 Å². The fourth-order valence-corrected chi connectivity index (χ4v) is 18.1. The molecule has 6 aliphatic rings. The molecule has 0 radical (unpaired) electrons. The van der Waals surface area contributed by atoms with E-state index in [2.05, 4.69) is 384 Å². The lowest BCUT2D eigenvalue weighted by Gasteiger charge is -2.29. The van der Waals surface area contributed by atoms with Gasteiger partial charge < -0.3 is 9.80 Å². The summed E-state index contributed by atoms with van der Waals surface area (Å²) < 4.78 is 0. The summed E-state index contributed by atoms with van der Waals surface area (Å²) in [5.74, 6) is 0.472. The number of benzene rings is 14. The van der Waals surface area contributed by atoms with Crippen LogP contribution in [0.15, 0.2) is 321 Å². The van der Waals surface area contributed by atoms with Crippen LogP contribution in [0.5, 0.6) is 0 Å². The van der Waals surface area contributed by atoms with Crippen molar-refractivity contribution < 1.29 is 0 Å². The van der Waals surface area contributed by atoms with Crippen LogP contribution in [-0.4, -0.2) is 0 Å². The molecule has 14 aromatic carbocycles. The topological polar surface area (TPSA) is 6.48 Å². The van der Waals surface area contributed by atoms with Gasteiger partial charge in [0.05, 0.1) is 11.4 Å². The van der Waals surface area contributed by atoms with Crippen molar-refractivity contribution in [3.8, 4) is 44.5 Å². The van der Waals surface area contributed by atoms with Gasteiger partial charge in [-0.2, -0.15) is 0 Å². The number of nitrogens with zero attached hydrogens (tertiary/aromatic N) is 2. The van der Waals surface area contributed by atoms with Gasteiger partial charge in [-0.3, -0.25) is 0 Å². The Morgan fingerprint density at radius 3 is 1.56 bits per heavy atom. The van der Waals surface area contributed by atoms with E-state index in [1.165, 1.54) is 166 Å². The van der Waals surface area contributed by atoms with Gasteiger partial charge in [-0.25, -0.2) is 0 Å². The predicted octanol–water partition coefficient (Wildman–Crippen LogP) is 26.8. The van der Waals surface area contributed by atoms with Crippen molar-refractivity contribution in [3.05, 3.63) is 388 Å². The summed E-state index contributed by atoms with van der Waals surface area (Å²) in [6.07, 6.45) is 24.0. The Bertz CT molecular complexity index is 6110. The molecule has 0 aromatic heterocycles. The third kappa shape index (κ3) is 9.39. The monoisotopic (exact) mass is 1300 g/mol. The molecule has 5 aliphatic carbocycles. The van der Waals surface area contributed by atoms with Crippen molar-refractivity contribution >= 4 is 96.3 Å². The number of anilines is 6. The zero-order chi connectivity index (χ0) is 68.2. The summed E-state index contributed by atoms with van der Waals surface area (Å²) in [6.45, 7) is 12.1. The molecule has 0 saturated carbocycles. The second-order valence-corrected chi connectivity index (χ2v) is 30.1. The zero-order valence-corrected chi connectivity index (χ0v) is 58.0. The lowest BCUT2D eigenvalue weighted by atomic mass is 9.73. The SMILES string of the molecule is CC1(C)c2cc(/C=C/c3ccc4c(c3)C(C)(C)c3cc(N(c5ccc(C6=CCC7C=CC=CC7=C6)cc5)c5cccc6ccccc56)ccc3-4)ccc2-c2ccc(/C=C/c3ccc4c(c3)C3(C)c5ccc6cccc(c6c5)N(c5ccc(-c6ccc7ccccc7c6)cc5)c5ccc-4c3c5)cc21. The first-order valence-corrected chi connectivity index (χ1v) is 36.2. The van der Waals surface area contributed by atoms with Crippen LogP contribution in [0.25, 0.3) is 107 Å². The molecule has 20 rings (SSSR count). The third-order valence-electron chi connectivity index (χ3n) is 23.7. The summed E-state index contributed by atoms with van der Waals surface area (Å²) in [5.41, 5.74) is 34.6. The average molecular weight is 1300 g/mol. The van der Waals surface area contributed by atoms with E-state index in [-0.39, 0.29) is 16.2 Å². The van der Waals surface area contributed by atoms with E-state index < -0.39 is 0 Å². The highest BCUT2D eigenvalue weighted by Gasteiger charge is 2.43. The second-order valence-electron chi connectivity index (χ2n) is 30.1. The lowest BCUT2D eigenvalue weighted by molar-refractivity contribution is 0.660. The molecular weight excluding hydrogens is 1230 g/mol. The smallest absolute Gasteiger partial charge is 0.0540 e. The van der Waals surface area contributed by atoms with Gasteiger partial charge in [-0.15, -0.1) is 0 Å². The van der Waals surface area contributed by atoms with Crippen LogP contribution in [0.2, 0.25) is 0 Å². The van der Waals surface area contributed by atoms with Gasteiger partial charge in [-0.05, 0) is 236 Å². The molecule has 14 aromatic rings. The van der Waals surface area contributed by atoms with Crippen LogP contribution >= 0.6 is 0 Å². The second kappa shape index (κ2) is 22.7. The van der Waals surface area contributed by atoms with Crippen LogP contribution in [0.1, 0.15) is 108 Å². The first-order valence-electron chi connectivity index (χ1n) is 36.2. The maximum Gasteiger partial charge on any atom is 0.0540 e. The molecule has 1 heterocycles. The zero-order valence-electron chi connectivity index (χ0n) is 58.0. The fraction of sp³-hybridized carbons (Fsp3) is 0.100. The van der Waals surface area contributed by atoms with Gasteiger partial charge in [0.15, 0.2) is 0 Å². The Morgan fingerprint density at radius 1 is 0.373 bits per heavy atom. The van der Waals surface area contributed by atoms with Crippen molar-refractivity contribution in [3.63, 3.8) is 0 Å². The number of hydrogen-bond acceptors (Lipinski definition) is 2. The van der Waals surface area contributed by atoms with Crippen molar-refractivity contribution in [1.29, 1.82) is 0 Å². The van der Waals surface area contributed by atoms with E-state index in [0.717, 1.165) is 29.2 Å². The summed E-state index contributed by atoms with van der Waals surface area (Å²) in [5, 5.41) is 7.44. The highest BCUT2D eigenvalue weighted by Crippen LogP contribution is 2.58. The van der Waals surface area contributed by atoms with Gasteiger partial charge in [0.1, 0.15) is 0 Å². The molecule has 484 valence electrons. The molecular formula is C100H74N2. The van der Waals surface area contributed by atoms with Crippen molar-refractivity contribution in [2.75, 3.05) is 9.80 Å². The first-order chi connectivity index (χ1) is 49.9. The quantitative estimate of drug-likeness (QED) is 0.126. The molecule has 102 heavy (non-hydrogen) atoms. The number of fused-ring (bicyclic) bond motifs is 15. The standard InChI is InChI=1S/C100H74N2/c1-98(2)90-54-63(24-25-64-30-50-85-86-52-46-80(61-93(86)99(3,4)92(85)56-64)101(96-22-12-19-71-16-10-11-21-82(71)96)78-42-37-69(38-43-78)75-34-32-67-14-6-8-17-73(67)58-75)28-48-83(90)84-49-29-65(55-91(84)98)26-27-66-31-51-87-88-53-47-81-62-95(88)100(5,94(87)57-66)77-41-36-72-20-13-23-97(89(72)60-77)102(81)79-44-39-70(40-45-79)76-35-33-68-15-7-9-18-74(68)59-76/h6-31,33-62,67H,32H2,1-5H3/b25-24+,27-26+. The molecule has 2 heteroatoms. The maximum atomic E-state index is 2.47. The minimum Gasteiger partial charge on any atom is -0.310 e. The molecule has 2 nitrogen and oxygen atoms in total. The van der Waals surface area contributed by atoms with Crippen LogP contribution in [0, 0.1) is 5.92 Å². The Labute approximate surface area is 597 Å². The summed E-state index contributed by atoms with van der Waals surface area (Å²) in [7, 11) is 0. The predicted molar refractivity (Wildman–Crippen MR) is 433 cm³/mol. The summed E-state index contributed by atoms with van der Waals surface area (Å²) in [4.78, 5) is 4.93. The van der Waals surface area contributed by atoms with E-state index >= 15 is 0 Å². The van der Waals surface area contributed by atoms with Crippen LogP contribution in [-0.2, 0) is 16.2 Å². The normalized spacial score (nSPS) is 17.3. The van der Waals surface area contributed by atoms with Crippen molar-refractivity contribution in [2.24, 2.45) is 5.92 Å². The van der Waals surface area contributed by atoms with Gasteiger partial charge in [0.25, 0.3) is 0 Å². The van der Waals surface area contributed by atoms with E-state index in [9.17, 15) is 0 Å². The van der Waals surface area contributed by atoms with Crippen LogP contribution < -0.4 is 9.80 Å². The highest BCUT2D eigenvalue weighted by atomic mass is 15.1. The molecule has 0 N–H and O–H groups in total. The van der Waals surface area contributed by atoms with Crippen LogP contribution in [0.4, 0.5) is 34.1 Å². The Morgan fingerprint density at radius 2 is 0.882 bits per heavy atom. The van der Waals surface area contributed by atoms with Gasteiger partial charge >= 0.3 is 0 Å². The maximum absolute atomic E-state index is 2.47. The van der Waals surface area contributed by atoms with E-state index in [1.807, 2.05) is 0 Å². The molecule has 0 spiro atoms. The molecule has 0 saturated heterocycles. The first kappa shape index (κ1) is 59.9. The summed E-state index contributed by atoms with van der Waals surface area (Å²) in [6, 6.07) is 106. The van der Waals surface area contributed by atoms with E-state index in [4.69, 9.17) is 0 Å². The Hall–Kier alpha value is -12.1. The van der Waals surface area contributed by atoms with Crippen LogP contribution in [0.3, 0.4) is 0 Å². The Balaban J connectivity index is 0.561. The summed E-state index contributed by atoms with van der Waals surface area (Å²) >= 11 is 0. The largest absolute Gasteiger partial charge is 0.310 e. The molecule has 0 amide bonds. The molecule has 4 bridgehead atoms. The minimum absolute atomic E-state index is 0.187. The Kier molecular flexibility index (Phi) is 13.3. The van der Waals surface area contributed by atoms with Gasteiger partial charge in [-0.1, -0.05) is 289 Å². The minimum atomic E-state index is -0.380. The number of hydrogen-bond donors (Lipinski definition) is 0. The van der Waals surface area contributed by atoms with Gasteiger partial charge in [0.2, 0.25) is 0 Å². The van der Waals surface area contributed by atoms with E-state index in [0.29, 0.717) is 5.92 Å². The molecule has 1 aliphatic heterocycles. The molecule has 2 unspecified atom stereocenters. The highest BCUT2D eigenvalue weighted by molar-refractivity contribution is 6.03. The molecule has 2 atom stereocenters. The van der Waals surface area contributed by atoms with Crippen molar-refractivity contribution in [1.82, 2.24) is 0 Å². The van der Waals surface area contributed by atoms with E-state index in [1.54, 1.807) is 0 Å².